The molecule has 0 radical (unpaired) electrons. The van der Waals surface area contributed by atoms with E-state index in [4.69, 9.17) is 5.11 Å². The molecule has 0 unspecified atom stereocenters. The smallest absolute Gasteiger partial charge is 0.303 e. The molecule has 1 aliphatic heterocycles. The lowest BCUT2D eigenvalue weighted by Crippen LogP contribution is -2.32. The van der Waals surface area contributed by atoms with Crippen LogP contribution in [0.1, 0.15) is 39.5 Å². The zero-order valence-electron chi connectivity index (χ0n) is 10.9. The summed E-state index contributed by atoms with van der Waals surface area (Å²) in [6.45, 7) is 4.32. The normalized spacial score (nSPS) is 14.6. The second-order valence-electron chi connectivity index (χ2n) is 3.59. The molecule has 5 nitrogen and oxygen atoms in total. The number of halogens is 2. The quantitative estimate of drug-likeness (QED) is 0.551. The van der Waals surface area contributed by atoms with Crippen molar-refractivity contribution in [2.45, 2.75) is 39.5 Å². The number of unbranched alkanes of at least 4 members (excludes halogenated alkanes) is 2. The molecule has 0 bridgehead atoms. The standard InChI is InChI=1S/C10H11Br2NO4.C2H6/c11-7-8(12)10(17)13(9(7)16)5-3-1-2-4-6(14)15;1-2/h1-5H2,(H,14,15);1-2H3. The van der Waals surface area contributed by atoms with Gasteiger partial charge in [0.05, 0.1) is 0 Å². The molecule has 108 valence electrons. The summed E-state index contributed by atoms with van der Waals surface area (Å²) >= 11 is 6.07. The number of carboxylic acid groups (broad SMARTS) is 1. The first kappa shape index (κ1) is 18.3. The number of carbonyl (C=O) groups is 3. The maximum absolute atomic E-state index is 11.6. The van der Waals surface area contributed by atoms with Gasteiger partial charge in [-0.2, -0.15) is 0 Å². The molecular weight excluding hydrogens is 382 g/mol. The molecule has 0 fully saturated rings. The van der Waals surface area contributed by atoms with E-state index in [2.05, 4.69) is 31.9 Å². The van der Waals surface area contributed by atoms with Crippen molar-refractivity contribution < 1.29 is 19.5 Å². The number of rotatable bonds is 6. The highest BCUT2D eigenvalue weighted by Crippen LogP contribution is 2.29. The fraction of sp³-hybridized carbons (Fsp3) is 0.583. The molecule has 1 heterocycles. The summed E-state index contributed by atoms with van der Waals surface area (Å²) in [5.74, 6) is -1.52. The van der Waals surface area contributed by atoms with E-state index in [-0.39, 0.29) is 27.2 Å². The third-order valence-corrected chi connectivity index (χ3v) is 4.33. The van der Waals surface area contributed by atoms with E-state index < -0.39 is 5.97 Å². The Balaban J connectivity index is 0.00000154. The van der Waals surface area contributed by atoms with Crippen LogP contribution >= 0.6 is 31.9 Å². The van der Waals surface area contributed by atoms with Gasteiger partial charge in [-0.05, 0) is 44.7 Å². The summed E-state index contributed by atoms with van der Waals surface area (Å²) in [5.41, 5.74) is 0. The molecule has 0 saturated heterocycles. The third-order valence-electron chi connectivity index (χ3n) is 2.33. The van der Waals surface area contributed by atoms with Crippen molar-refractivity contribution in [3.05, 3.63) is 8.96 Å². The molecule has 0 aromatic carbocycles. The molecule has 1 aliphatic rings. The van der Waals surface area contributed by atoms with Gasteiger partial charge in [0.1, 0.15) is 8.96 Å². The predicted octanol–water partition coefficient (Wildman–Crippen LogP) is 3.03. The molecular formula is C12H17Br2NO4. The Morgan fingerprint density at radius 1 is 1.05 bits per heavy atom. The first-order valence-electron chi connectivity index (χ1n) is 6.08. The summed E-state index contributed by atoms with van der Waals surface area (Å²) in [6.07, 6.45) is 1.97. The van der Waals surface area contributed by atoms with Crippen molar-refractivity contribution in [3.63, 3.8) is 0 Å². The van der Waals surface area contributed by atoms with Gasteiger partial charge in [0.2, 0.25) is 0 Å². The fourth-order valence-corrected chi connectivity index (χ4v) is 2.21. The van der Waals surface area contributed by atoms with E-state index >= 15 is 0 Å². The molecule has 0 aliphatic carbocycles. The molecule has 0 atom stereocenters. The SMILES string of the molecule is CC.O=C(O)CCCCCN1C(=O)C(Br)=C(Br)C1=O. The van der Waals surface area contributed by atoms with Crippen LogP contribution in [0.4, 0.5) is 0 Å². The first-order chi connectivity index (χ1) is 8.95. The maximum atomic E-state index is 11.6. The van der Waals surface area contributed by atoms with E-state index in [0.29, 0.717) is 25.8 Å². The minimum absolute atomic E-state index is 0.119. The average molecular weight is 399 g/mol. The van der Waals surface area contributed by atoms with E-state index in [0.717, 1.165) is 4.90 Å². The summed E-state index contributed by atoms with van der Waals surface area (Å²) in [5, 5.41) is 8.44. The Morgan fingerprint density at radius 3 is 1.95 bits per heavy atom. The third kappa shape index (κ3) is 5.44. The molecule has 7 heteroatoms. The van der Waals surface area contributed by atoms with Gasteiger partial charge in [0, 0.05) is 13.0 Å². The number of carbonyl (C=O) groups excluding carboxylic acids is 2. The van der Waals surface area contributed by atoms with Crippen LogP contribution < -0.4 is 0 Å². The van der Waals surface area contributed by atoms with E-state index in [9.17, 15) is 14.4 Å². The van der Waals surface area contributed by atoms with Gasteiger partial charge < -0.3 is 5.11 Å². The van der Waals surface area contributed by atoms with Crippen LogP contribution in [0.15, 0.2) is 8.96 Å². The van der Waals surface area contributed by atoms with Crippen molar-refractivity contribution in [2.24, 2.45) is 0 Å². The number of carboxylic acids is 1. The Kier molecular flexibility index (Phi) is 8.92. The van der Waals surface area contributed by atoms with Crippen LogP contribution in [0.2, 0.25) is 0 Å². The molecule has 1 rings (SSSR count). The Morgan fingerprint density at radius 2 is 1.53 bits per heavy atom. The predicted molar refractivity (Wildman–Crippen MR) is 79.1 cm³/mol. The van der Waals surface area contributed by atoms with E-state index in [1.54, 1.807) is 0 Å². The highest BCUT2D eigenvalue weighted by Gasteiger charge is 2.35. The van der Waals surface area contributed by atoms with Gasteiger partial charge in [-0.15, -0.1) is 0 Å². The minimum Gasteiger partial charge on any atom is -0.481 e. The molecule has 2 amide bonds. The molecule has 0 aromatic heterocycles. The molecule has 0 spiro atoms. The van der Waals surface area contributed by atoms with Crippen molar-refractivity contribution in [1.82, 2.24) is 4.90 Å². The maximum Gasteiger partial charge on any atom is 0.303 e. The summed E-state index contributed by atoms with van der Waals surface area (Å²) in [7, 11) is 0. The second-order valence-corrected chi connectivity index (χ2v) is 5.18. The monoisotopic (exact) mass is 397 g/mol. The summed E-state index contributed by atoms with van der Waals surface area (Å²) < 4.78 is 0.487. The fourth-order valence-electron chi connectivity index (χ4n) is 1.44. The summed E-state index contributed by atoms with van der Waals surface area (Å²) in [6, 6.07) is 0. The van der Waals surface area contributed by atoms with Gasteiger partial charge in [-0.1, -0.05) is 20.3 Å². The molecule has 0 saturated carbocycles. The minimum atomic E-state index is -0.828. The highest BCUT2D eigenvalue weighted by molar-refractivity contribution is 9.14. The molecule has 0 aromatic rings. The largest absolute Gasteiger partial charge is 0.481 e. The zero-order chi connectivity index (χ0) is 15.0. The van der Waals surface area contributed by atoms with Gasteiger partial charge in [0.25, 0.3) is 11.8 Å². The Bertz CT molecular complexity index is 369. The second kappa shape index (κ2) is 9.25. The lowest BCUT2D eigenvalue weighted by atomic mass is 10.2. The van der Waals surface area contributed by atoms with Crippen LogP contribution in [-0.2, 0) is 14.4 Å². The van der Waals surface area contributed by atoms with Crippen LogP contribution in [0.25, 0.3) is 0 Å². The topological polar surface area (TPSA) is 74.7 Å². The lowest BCUT2D eigenvalue weighted by Gasteiger charge is -2.13. The number of amides is 2. The first-order valence-corrected chi connectivity index (χ1v) is 7.67. The molecule has 1 N–H and O–H groups in total. The van der Waals surface area contributed by atoms with Crippen LogP contribution in [0.5, 0.6) is 0 Å². The van der Waals surface area contributed by atoms with Crippen molar-refractivity contribution >= 4 is 49.6 Å². The number of aliphatic carboxylic acids is 1. The van der Waals surface area contributed by atoms with Gasteiger partial charge in [-0.3, -0.25) is 19.3 Å². The lowest BCUT2D eigenvalue weighted by molar-refractivity contribution is -0.138. The highest BCUT2D eigenvalue weighted by atomic mass is 79.9. The number of nitrogens with zero attached hydrogens (tertiary/aromatic N) is 1. The van der Waals surface area contributed by atoms with Crippen molar-refractivity contribution in [2.75, 3.05) is 6.54 Å². The average Bonchev–Trinajstić information content (AvgIpc) is 2.57. The van der Waals surface area contributed by atoms with Gasteiger partial charge in [-0.25, -0.2) is 0 Å². The summed E-state index contributed by atoms with van der Waals surface area (Å²) in [4.78, 5) is 34.6. The van der Waals surface area contributed by atoms with E-state index in [1.165, 1.54) is 0 Å². The zero-order valence-corrected chi connectivity index (χ0v) is 14.1. The number of hydrogen-bond acceptors (Lipinski definition) is 3. The molecule has 19 heavy (non-hydrogen) atoms. The van der Waals surface area contributed by atoms with Gasteiger partial charge in [0.15, 0.2) is 0 Å². The van der Waals surface area contributed by atoms with Crippen LogP contribution in [0.3, 0.4) is 0 Å². The number of imide groups is 1. The van der Waals surface area contributed by atoms with Crippen molar-refractivity contribution in [1.29, 1.82) is 0 Å². The number of hydrogen-bond donors (Lipinski definition) is 1. The van der Waals surface area contributed by atoms with Gasteiger partial charge >= 0.3 is 5.97 Å². The van der Waals surface area contributed by atoms with Crippen LogP contribution in [-0.4, -0.2) is 34.3 Å². The van der Waals surface area contributed by atoms with Crippen LogP contribution in [0, 0.1) is 0 Å². The van der Waals surface area contributed by atoms with Crippen molar-refractivity contribution in [3.8, 4) is 0 Å². The van der Waals surface area contributed by atoms with E-state index in [1.807, 2.05) is 13.8 Å². The Hall–Kier alpha value is -0.690. The Labute approximate surface area is 129 Å².